The van der Waals surface area contributed by atoms with E-state index < -0.39 is 32.2 Å². The van der Waals surface area contributed by atoms with Crippen molar-refractivity contribution in [1.82, 2.24) is 9.97 Å². The standard InChI is InChI=1S/C39H60N7O7P/c1-2-3-4-5-6-7-8-9-10-11-12-13-14-15-16-17-24-49-27-34(52-33-19-18-32(25-40)44-26-33)28-50-54(47,48)51-30-39(29-41)23-22-37(53-39)35-20-21-36(46-35)38(43)45-31-42/h18-21,26,31,34,37,46H,2-17,22-24,27-28,30H2,1H3,(H,47,48)(H3,42,43,45)/t34-,37+,39+/m0/s1. The molecule has 14 nitrogen and oxygen atoms in total. The first kappa shape index (κ1) is 44.8. The number of ether oxygens (including phenoxy) is 3. The summed E-state index contributed by atoms with van der Waals surface area (Å²) in [6.07, 6.45) is 22.1. The lowest BCUT2D eigenvalue weighted by molar-refractivity contribution is -0.0419. The zero-order chi connectivity index (χ0) is 38.9. The molecule has 1 fully saturated rings. The maximum absolute atomic E-state index is 13.0. The van der Waals surface area contributed by atoms with Gasteiger partial charge in [-0.05, 0) is 43.5 Å². The number of nitrogens with two attached hydrogens (primary N) is 1. The molecule has 298 valence electrons. The molecule has 3 rings (SSSR count). The van der Waals surface area contributed by atoms with Gasteiger partial charge in [0, 0.05) is 12.3 Å². The second kappa shape index (κ2) is 25.5. The van der Waals surface area contributed by atoms with Gasteiger partial charge in [-0.15, -0.1) is 0 Å². The Bertz CT molecular complexity index is 1520. The Kier molecular flexibility index (Phi) is 21.1. The predicted octanol–water partition coefficient (Wildman–Crippen LogP) is 8.57. The van der Waals surface area contributed by atoms with Gasteiger partial charge in [-0.25, -0.2) is 14.5 Å². The minimum atomic E-state index is -4.65. The average Bonchev–Trinajstić information content (AvgIpc) is 3.85. The Hall–Kier alpha value is -3.62. The van der Waals surface area contributed by atoms with Crippen molar-refractivity contribution < 1.29 is 32.7 Å². The van der Waals surface area contributed by atoms with Crippen molar-refractivity contribution in [2.75, 3.05) is 26.4 Å². The maximum Gasteiger partial charge on any atom is 0.472 e. The van der Waals surface area contributed by atoms with E-state index in [-0.39, 0.29) is 31.2 Å². The van der Waals surface area contributed by atoms with Gasteiger partial charge in [0.05, 0.1) is 31.2 Å². The highest BCUT2D eigenvalue weighted by atomic mass is 31.2. The number of nitrogens with zero attached hydrogens (tertiary/aromatic N) is 4. The van der Waals surface area contributed by atoms with E-state index in [1.807, 2.05) is 6.07 Å². The largest absolute Gasteiger partial charge is 0.484 e. The summed E-state index contributed by atoms with van der Waals surface area (Å²) in [4.78, 5) is 21.4. The third-order valence-electron chi connectivity index (χ3n) is 9.40. The van der Waals surface area contributed by atoms with E-state index in [0.717, 1.165) is 25.6 Å². The summed E-state index contributed by atoms with van der Waals surface area (Å²) in [5.74, 6) is 0.473. The molecule has 2 aromatic heterocycles. The molecule has 3 heterocycles. The highest BCUT2D eigenvalue weighted by Crippen LogP contribution is 2.47. The number of unbranched alkanes of at least 4 members (excludes halogenated alkanes) is 15. The number of phosphoric ester groups is 1. The predicted molar refractivity (Wildman–Crippen MR) is 207 cm³/mol. The van der Waals surface area contributed by atoms with Crippen molar-refractivity contribution in [1.29, 1.82) is 15.9 Å². The summed E-state index contributed by atoms with van der Waals surface area (Å²) in [7, 11) is -4.65. The first-order chi connectivity index (χ1) is 26.2. The maximum atomic E-state index is 13.0. The van der Waals surface area contributed by atoms with Crippen LogP contribution >= 0.6 is 7.82 Å². The number of pyridine rings is 1. The molecule has 54 heavy (non-hydrogen) atoms. The summed E-state index contributed by atoms with van der Waals surface area (Å²) in [6.45, 7) is 2.00. The van der Waals surface area contributed by atoms with Gasteiger partial charge in [-0.1, -0.05) is 103 Å². The molecule has 0 spiro atoms. The van der Waals surface area contributed by atoms with Crippen LogP contribution < -0.4 is 10.5 Å². The molecule has 1 aliphatic heterocycles. The van der Waals surface area contributed by atoms with E-state index in [1.165, 1.54) is 95.7 Å². The molecule has 0 saturated carbocycles. The third-order valence-corrected chi connectivity index (χ3v) is 10.3. The molecule has 2 aromatic rings. The topological polar surface area (TPSA) is 222 Å². The lowest BCUT2D eigenvalue weighted by atomic mass is 10.0. The van der Waals surface area contributed by atoms with Crippen LogP contribution in [0.4, 0.5) is 0 Å². The number of amidine groups is 1. The lowest BCUT2D eigenvalue weighted by Gasteiger charge is -2.24. The molecule has 15 heteroatoms. The summed E-state index contributed by atoms with van der Waals surface area (Å²) in [5.41, 5.74) is 5.73. The molecule has 4 atom stereocenters. The molecule has 0 amide bonds. The number of H-pyrrole nitrogens is 1. The number of aromatic amines is 1. The van der Waals surface area contributed by atoms with Crippen LogP contribution in [0.1, 0.15) is 146 Å². The quantitative estimate of drug-likeness (QED) is 0.0255. The third kappa shape index (κ3) is 17.2. The fourth-order valence-corrected chi connectivity index (χ4v) is 7.08. The fourth-order valence-electron chi connectivity index (χ4n) is 6.27. The number of hydrogen-bond donors (Lipinski definition) is 4. The first-order valence-corrected chi connectivity index (χ1v) is 21.1. The van der Waals surface area contributed by atoms with Crippen LogP contribution in [0.15, 0.2) is 35.5 Å². The second-order valence-electron chi connectivity index (χ2n) is 13.9. The van der Waals surface area contributed by atoms with Crippen LogP contribution in [0.25, 0.3) is 0 Å². The van der Waals surface area contributed by atoms with Gasteiger partial charge >= 0.3 is 7.82 Å². The molecular formula is C39H60N7O7P. The van der Waals surface area contributed by atoms with E-state index in [2.05, 4.69) is 28.0 Å². The Labute approximate surface area is 320 Å². The molecule has 1 unspecified atom stereocenters. The Morgan fingerprint density at radius 1 is 1.04 bits per heavy atom. The van der Waals surface area contributed by atoms with Gasteiger partial charge in [0.1, 0.15) is 48.5 Å². The molecule has 1 saturated heterocycles. The first-order valence-electron chi connectivity index (χ1n) is 19.6. The number of nitriles is 2. The number of phosphoric acid groups is 1. The fraction of sp³-hybridized carbons (Fsp3) is 0.667. The van der Waals surface area contributed by atoms with Crippen LogP contribution in [-0.2, 0) is 23.1 Å². The molecule has 0 bridgehead atoms. The second-order valence-corrected chi connectivity index (χ2v) is 15.3. The highest BCUT2D eigenvalue weighted by Gasteiger charge is 2.44. The van der Waals surface area contributed by atoms with Crippen molar-refractivity contribution in [2.24, 2.45) is 10.7 Å². The van der Waals surface area contributed by atoms with Crippen LogP contribution in [0.5, 0.6) is 5.75 Å². The molecule has 0 aromatic carbocycles. The van der Waals surface area contributed by atoms with E-state index in [9.17, 15) is 14.7 Å². The number of hydrogen-bond acceptors (Lipinski definition) is 10. The molecule has 0 radical (unpaired) electrons. The average molecular weight is 770 g/mol. The summed E-state index contributed by atoms with van der Waals surface area (Å²) in [5, 5.41) is 26.1. The van der Waals surface area contributed by atoms with Crippen LogP contribution in [0, 0.1) is 28.1 Å². The van der Waals surface area contributed by atoms with Crippen molar-refractivity contribution in [3.8, 4) is 17.9 Å². The van der Waals surface area contributed by atoms with Crippen LogP contribution in [-0.4, -0.2) is 65.2 Å². The SMILES string of the molecule is CCCCCCCCCCCCCCCCCCOC[C@@H](COP(=O)(O)OC[C@]1(C#N)CC[C@H](c2ccc(C(N)=NC=N)[nH]2)O1)Oc1ccc(C#N)nc1. The highest BCUT2D eigenvalue weighted by molar-refractivity contribution is 7.47. The summed E-state index contributed by atoms with van der Waals surface area (Å²) in [6, 6.07) is 10.6. The molecule has 0 aliphatic carbocycles. The van der Waals surface area contributed by atoms with Gasteiger partial charge in [-0.2, -0.15) is 10.5 Å². The van der Waals surface area contributed by atoms with E-state index in [1.54, 1.807) is 18.2 Å². The Morgan fingerprint density at radius 3 is 2.26 bits per heavy atom. The normalized spacial score (nSPS) is 18.8. The van der Waals surface area contributed by atoms with Gasteiger partial charge in [0.2, 0.25) is 0 Å². The minimum absolute atomic E-state index is 0.0822. The zero-order valence-electron chi connectivity index (χ0n) is 31.9. The minimum Gasteiger partial charge on any atom is -0.484 e. The Balaban J connectivity index is 1.36. The van der Waals surface area contributed by atoms with Gasteiger partial charge in [0.25, 0.3) is 0 Å². The summed E-state index contributed by atoms with van der Waals surface area (Å²) >= 11 is 0. The summed E-state index contributed by atoms with van der Waals surface area (Å²) < 4.78 is 41.3. The number of aromatic nitrogens is 2. The van der Waals surface area contributed by atoms with E-state index in [0.29, 0.717) is 30.2 Å². The lowest BCUT2D eigenvalue weighted by Crippen LogP contribution is -2.32. The van der Waals surface area contributed by atoms with Crippen LogP contribution in [0.3, 0.4) is 0 Å². The molecule has 1 aliphatic rings. The van der Waals surface area contributed by atoms with Crippen molar-refractivity contribution in [2.45, 2.75) is 140 Å². The van der Waals surface area contributed by atoms with E-state index >= 15 is 0 Å². The Morgan fingerprint density at radius 2 is 1.69 bits per heavy atom. The van der Waals surface area contributed by atoms with Gasteiger partial charge in [-0.3, -0.25) is 14.5 Å². The molecule has 5 N–H and O–H groups in total. The van der Waals surface area contributed by atoms with Crippen molar-refractivity contribution in [3.63, 3.8) is 0 Å². The number of aliphatic imine (C=N–C) groups is 1. The van der Waals surface area contributed by atoms with Crippen molar-refractivity contribution >= 4 is 20.0 Å². The molecular weight excluding hydrogens is 709 g/mol. The number of rotatable bonds is 30. The van der Waals surface area contributed by atoms with Gasteiger partial charge < -0.3 is 29.8 Å². The monoisotopic (exact) mass is 769 g/mol. The van der Waals surface area contributed by atoms with Gasteiger partial charge in [0.15, 0.2) is 5.60 Å². The smallest absolute Gasteiger partial charge is 0.472 e. The zero-order valence-corrected chi connectivity index (χ0v) is 32.8. The van der Waals surface area contributed by atoms with Crippen molar-refractivity contribution in [3.05, 3.63) is 47.5 Å². The van der Waals surface area contributed by atoms with Crippen LogP contribution in [0.2, 0.25) is 0 Å². The number of nitrogens with one attached hydrogen (secondary N) is 2. The van der Waals surface area contributed by atoms with E-state index in [4.69, 9.17) is 39.7 Å².